The minimum absolute atomic E-state index is 0.0774. The summed E-state index contributed by atoms with van der Waals surface area (Å²) < 4.78 is 11.7. The van der Waals surface area contributed by atoms with Crippen molar-refractivity contribution in [3.05, 3.63) is 0 Å². The van der Waals surface area contributed by atoms with E-state index < -0.39 is 0 Å². The van der Waals surface area contributed by atoms with E-state index in [-0.39, 0.29) is 11.0 Å². The molecule has 0 aromatic heterocycles. The quantitative estimate of drug-likeness (QED) is 0.854. The van der Waals surface area contributed by atoms with Crippen LogP contribution >= 0.6 is 0 Å². The highest BCUT2D eigenvalue weighted by Crippen LogP contribution is 2.58. The predicted molar refractivity (Wildman–Crippen MR) is 79.6 cm³/mol. The Balaban J connectivity index is 1.75. The Morgan fingerprint density at radius 1 is 1.30 bits per heavy atom. The number of fused-ring (bicyclic) bond motifs is 1. The Morgan fingerprint density at radius 2 is 2.05 bits per heavy atom. The van der Waals surface area contributed by atoms with E-state index in [0.29, 0.717) is 24.2 Å². The smallest absolute Gasteiger partial charge is 0.0691 e. The summed E-state index contributed by atoms with van der Waals surface area (Å²) in [5.41, 5.74) is 6.86. The molecule has 3 rings (SSSR count). The van der Waals surface area contributed by atoms with Crippen molar-refractivity contribution >= 4 is 0 Å². The van der Waals surface area contributed by atoms with Gasteiger partial charge in [-0.1, -0.05) is 20.8 Å². The van der Waals surface area contributed by atoms with Gasteiger partial charge in [0.1, 0.15) is 0 Å². The van der Waals surface area contributed by atoms with Gasteiger partial charge in [-0.25, -0.2) is 0 Å². The summed E-state index contributed by atoms with van der Waals surface area (Å²) in [6.07, 6.45) is 2.95. The zero-order valence-corrected chi connectivity index (χ0v) is 13.4. The zero-order valence-electron chi connectivity index (χ0n) is 13.4. The molecule has 1 saturated carbocycles. The predicted octanol–water partition coefficient (Wildman–Crippen LogP) is 1.63. The summed E-state index contributed by atoms with van der Waals surface area (Å²) >= 11 is 0. The molecule has 20 heavy (non-hydrogen) atoms. The number of nitrogens with zero attached hydrogens (tertiary/aromatic N) is 1. The molecule has 0 amide bonds. The monoisotopic (exact) mass is 282 g/mol. The number of nitrogens with two attached hydrogens (primary N) is 1. The van der Waals surface area contributed by atoms with Crippen LogP contribution in [0.15, 0.2) is 0 Å². The molecule has 5 unspecified atom stereocenters. The van der Waals surface area contributed by atoms with Crippen LogP contribution in [0.2, 0.25) is 0 Å². The van der Waals surface area contributed by atoms with Gasteiger partial charge >= 0.3 is 0 Å². The molecule has 1 aliphatic carbocycles. The third-order valence-electron chi connectivity index (χ3n) is 6.18. The zero-order chi connectivity index (χ0) is 14.5. The first-order valence-corrected chi connectivity index (χ1v) is 8.16. The standard InChI is InChI=1S/C16H30N2O2/c1-5-12-9-20-11(2)8-18(12)10-16(17)13-6-7-19-14(13)15(16,3)4/h11-14H,5-10,17H2,1-4H3. The third-order valence-corrected chi connectivity index (χ3v) is 6.18. The molecule has 3 fully saturated rings. The van der Waals surface area contributed by atoms with E-state index >= 15 is 0 Å². The largest absolute Gasteiger partial charge is 0.377 e. The maximum Gasteiger partial charge on any atom is 0.0691 e. The maximum absolute atomic E-state index is 6.90. The summed E-state index contributed by atoms with van der Waals surface area (Å²) in [5.74, 6) is 0.535. The molecule has 0 aromatic carbocycles. The second kappa shape index (κ2) is 4.94. The van der Waals surface area contributed by atoms with Crippen LogP contribution < -0.4 is 5.73 Å². The van der Waals surface area contributed by atoms with Crippen LogP contribution in [-0.2, 0) is 9.47 Å². The number of rotatable bonds is 3. The molecule has 0 spiro atoms. The number of hydrogen-bond donors (Lipinski definition) is 1. The first kappa shape index (κ1) is 14.8. The van der Waals surface area contributed by atoms with Gasteiger partial charge in [-0.3, -0.25) is 4.90 Å². The van der Waals surface area contributed by atoms with Crippen molar-refractivity contribution in [3.63, 3.8) is 0 Å². The van der Waals surface area contributed by atoms with Gasteiger partial charge in [0.25, 0.3) is 0 Å². The Bertz CT molecular complexity index is 373. The molecule has 2 N–H and O–H groups in total. The summed E-state index contributed by atoms with van der Waals surface area (Å²) in [6, 6.07) is 0.517. The lowest BCUT2D eigenvalue weighted by molar-refractivity contribution is -0.174. The van der Waals surface area contributed by atoms with Crippen LogP contribution in [0, 0.1) is 11.3 Å². The summed E-state index contributed by atoms with van der Waals surface area (Å²) in [5, 5.41) is 0. The van der Waals surface area contributed by atoms with E-state index in [2.05, 4.69) is 32.6 Å². The summed E-state index contributed by atoms with van der Waals surface area (Å²) in [6.45, 7) is 12.7. The normalized spacial score (nSPS) is 47.9. The molecule has 4 nitrogen and oxygen atoms in total. The van der Waals surface area contributed by atoms with Gasteiger partial charge in [0.2, 0.25) is 0 Å². The number of ether oxygens (including phenoxy) is 2. The molecule has 0 aromatic rings. The SMILES string of the molecule is CCC1COC(C)CN1CC1(N)C2CCOC2C1(C)C. The first-order chi connectivity index (χ1) is 9.40. The van der Waals surface area contributed by atoms with Crippen LogP contribution in [-0.4, -0.2) is 55.0 Å². The van der Waals surface area contributed by atoms with Gasteiger partial charge in [0.05, 0.1) is 18.8 Å². The molecule has 0 radical (unpaired) electrons. The molecule has 2 saturated heterocycles. The molecular weight excluding hydrogens is 252 g/mol. The molecule has 2 heterocycles. The highest BCUT2D eigenvalue weighted by atomic mass is 16.5. The van der Waals surface area contributed by atoms with Crippen molar-refractivity contribution in [2.75, 3.05) is 26.3 Å². The maximum atomic E-state index is 6.90. The molecular formula is C16H30N2O2. The van der Waals surface area contributed by atoms with Crippen molar-refractivity contribution in [2.24, 2.45) is 17.1 Å². The topological polar surface area (TPSA) is 47.7 Å². The van der Waals surface area contributed by atoms with Crippen LogP contribution in [0.25, 0.3) is 0 Å². The number of hydrogen-bond acceptors (Lipinski definition) is 4. The fraction of sp³-hybridized carbons (Fsp3) is 1.00. The van der Waals surface area contributed by atoms with Gasteiger partial charge < -0.3 is 15.2 Å². The lowest BCUT2D eigenvalue weighted by atomic mass is 9.48. The van der Waals surface area contributed by atoms with E-state index in [4.69, 9.17) is 15.2 Å². The fourth-order valence-corrected chi connectivity index (χ4v) is 4.61. The second-order valence-electron chi connectivity index (χ2n) is 7.58. The Kier molecular flexibility index (Phi) is 3.65. The van der Waals surface area contributed by atoms with Crippen molar-refractivity contribution in [2.45, 2.75) is 64.3 Å². The lowest BCUT2D eigenvalue weighted by Gasteiger charge is -2.64. The average molecular weight is 282 g/mol. The van der Waals surface area contributed by atoms with Crippen molar-refractivity contribution in [1.82, 2.24) is 4.90 Å². The molecule has 5 atom stereocenters. The highest BCUT2D eigenvalue weighted by molar-refractivity contribution is 5.22. The minimum Gasteiger partial charge on any atom is -0.377 e. The van der Waals surface area contributed by atoms with Gasteiger partial charge in [0, 0.05) is 42.6 Å². The van der Waals surface area contributed by atoms with Crippen molar-refractivity contribution in [1.29, 1.82) is 0 Å². The Hall–Kier alpha value is -0.160. The molecule has 116 valence electrons. The third kappa shape index (κ3) is 1.96. The average Bonchev–Trinajstić information content (AvgIpc) is 2.87. The van der Waals surface area contributed by atoms with E-state index in [1.807, 2.05) is 0 Å². The summed E-state index contributed by atoms with van der Waals surface area (Å²) in [4.78, 5) is 2.57. The van der Waals surface area contributed by atoms with Gasteiger partial charge in [-0.15, -0.1) is 0 Å². The van der Waals surface area contributed by atoms with E-state index in [0.717, 1.165) is 39.1 Å². The fourth-order valence-electron chi connectivity index (χ4n) is 4.61. The van der Waals surface area contributed by atoms with E-state index in [9.17, 15) is 0 Å². The number of morpholine rings is 1. The molecule has 4 heteroatoms. The van der Waals surface area contributed by atoms with Gasteiger partial charge in [-0.2, -0.15) is 0 Å². The second-order valence-corrected chi connectivity index (χ2v) is 7.58. The van der Waals surface area contributed by atoms with E-state index in [1.54, 1.807) is 0 Å². The van der Waals surface area contributed by atoms with Crippen molar-refractivity contribution in [3.8, 4) is 0 Å². The van der Waals surface area contributed by atoms with Gasteiger partial charge in [0.15, 0.2) is 0 Å². The van der Waals surface area contributed by atoms with Crippen molar-refractivity contribution < 1.29 is 9.47 Å². The van der Waals surface area contributed by atoms with Crippen LogP contribution in [0.5, 0.6) is 0 Å². The highest BCUT2D eigenvalue weighted by Gasteiger charge is 2.67. The minimum atomic E-state index is -0.112. The van der Waals surface area contributed by atoms with Crippen LogP contribution in [0.3, 0.4) is 0 Å². The summed E-state index contributed by atoms with van der Waals surface area (Å²) in [7, 11) is 0. The first-order valence-electron chi connectivity index (χ1n) is 8.16. The van der Waals surface area contributed by atoms with E-state index in [1.165, 1.54) is 0 Å². The molecule has 2 aliphatic heterocycles. The molecule has 0 bridgehead atoms. The van der Waals surface area contributed by atoms with Crippen LogP contribution in [0.1, 0.15) is 40.5 Å². The Labute approximate surface area is 123 Å². The van der Waals surface area contributed by atoms with Crippen LogP contribution in [0.4, 0.5) is 0 Å². The molecule has 3 aliphatic rings. The van der Waals surface area contributed by atoms with Gasteiger partial charge in [-0.05, 0) is 19.8 Å². The lowest BCUT2D eigenvalue weighted by Crippen LogP contribution is -2.79. The Morgan fingerprint density at radius 3 is 2.75 bits per heavy atom.